The standard InChI is InChI=1S/C32H12BF24.C12H27N2Si.C12H18.CO.Ru/c34-25(35,36)13-1-14(26(37,38)39)6-21(5-13)33(22-7-15(27(40,41)42)2-16(8-22)28(43,44)45,23-9-17(29(46,47)48)3-18(10-23)30(49,50)51)24-11-19(31(52,53)54)4-20(12-24)32(55,56)57;1-10(2)13-12(5)14(11(3)4)9-15(6,7)8;1-7-8(2)10(4)12(6)11(5)9(7)3;1-2;/h1-12H;9-11H,1-8H3;1-6H3;;/q2*-1;;;+2. The van der Waals surface area contributed by atoms with Crippen molar-refractivity contribution < 1.29 is 130 Å². The molecule has 87 heavy (non-hydrogen) atoms. The van der Waals surface area contributed by atoms with Crippen molar-refractivity contribution in [3.05, 3.63) is 164 Å². The summed E-state index contributed by atoms with van der Waals surface area (Å²) in [5.41, 5.74) is -21.5. The molecule has 0 aromatic heterocycles. The van der Waals surface area contributed by atoms with Gasteiger partial charge in [-0.15, -0.1) is 0 Å². The minimum Gasteiger partial charge on any atom is 2.00 e. The van der Waals surface area contributed by atoms with Gasteiger partial charge < -0.3 is 4.90 Å². The summed E-state index contributed by atoms with van der Waals surface area (Å²) in [7, 11) is -1.18. The first kappa shape index (κ1) is 79.5. The number of alkyl halides is 24. The van der Waals surface area contributed by atoms with Crippen LogP contribution in [0.15, 0.2) is 77.8 Å². The average Bonchev–Trinajstić information content (AvgIpc) is 0.719. The van der Waals surface area contributed by atoms with E-state index in [1.807, 2.05) is 0 Å². The van der Waals surface area contributed by atoms with Crippen LogP contribution in [0.3, 0.4) is 0 Å². The van der Waals surface area contributed by atoms with Gasteiger partial charge in [-0.05, 0) is 140 Å². The van der Waals surface area contributed by atoms with E-state index in [-0.39, 0.29) is 19.5 Å². The van der Waals surface area contributed by atoms with Crippen molar-refractivity contribution in [1.82, 2.24) is 4.90 Å². The Kier molecular flexibility index (Phi) is 25.7. The third kappa shape index (κ3) is 20.5. The van der Waals surface area contributed by atoms with Crippen LogP contribution in [0, 0.1) is 54.4 Å². The number of aliphatic imine (C=N–C) groups is 1. The Labute approximate surface area is 500 Å². The van der Waals surface area contributed by atoms with Crippen molar-refractivity contribution in [2.24, 2.45) is 4.99 Å². The Morgan fingerprint density at radius 1 is 0.391 bits per heavy atom. The van der Waals surface area contributed by atoms with Crippen LogP contribution in [0.4, 0.5) is 105 Å². The molecule has 484 valence electrons. The third-order valence-corrected chi connectivity index (χ3v) is 14.8. The fourth-order valence-corrected chi connectivity index (χ4v) is 10.6. The van der Waals surface area contributed by atoms with Gasteiger partial charge in [0.15, 0.2) is 0 Å². The first-order valence-electron chi connectivity index (χ1n) is 25.1. The fourth-order valence-electron chi connectivity index (χ4n) is 9.23. The van der Waals surface area contributed by atoms with Crippen LogP contribution in [0.2, 0.25) is 19.6 Å². The van der Waals surface area contributed by atoms with E-state index in [2.05, 4.69) is 119 Å². The van der Waals surface area contributed by atoms with Crippen molar-refractivity contribution in [1.29, 1.82) is 0 Å². The molecule has 5 aromatic rings. The maximum Gasteiger partial charge on any atom is 2.00 e. The van der Waals surface area contributed by atoms with Gasteiger partial charge in [-0.1, -0.05) is 76.2 Å². The average molecular weight is 1380 g/mol. The molecule has 0 saturated heterocycles. The van der Waals surface area contributed by atoms with E-state index in [0.717, 1.165) is 5.84 Å². The van der Waals surface area contributed by atoms with Gasteiger partial charge in [-0.3, -0.25) is 4.99 Å². The van der Waals surface area contributed by atoms with E-state index in [4.69, 9.17) is 4.65 Å². The molecule has 5 rings (SSSR count). The van der Waals surface area contributed by atoms with Crippen molar-refractivity contribution in [3.63, 3.8) is 0 Å². The minimum absolute atomic E-state index is 0. The van der Waals surface area contributed by atoms with E-state index < -0.39 is 203 Å². The number of halogens is 24. The van der Waals surface area contributed by atoms with Crippen LogP contribution in [0.5, 0.6) is 0 Å². The topological polar surface area (TPSA) is 35.5 Å². The SMILES string of the molecule is CC(=NC(C)C)N([CH-][Si](C)(C)C)C(C)C.Cc1c(C)c(C)c(C)c(C)c1C.FC(F)(F)c1cc([B-](c2cc(C(F)(F)F)cc(C(F)(F)F)c2)(c2cc(C(F)(F)F)cc(C(F)(F)F)c2)c2cc(C(F)(F)F)cc(C(F)(F)F)c2)cc(C(F)(F)F)c1.[C-]#[O+].[Ru+2]. The van der Waals surface area contributed by atoms with E-state index >= 15 is 0 Å². The molecule has 0 heterocycles. The monoisotopic (exact) mass is 1380 g/mol. The molecule has 3 nitrogen and oxygen atoms in total. The smallest absolute Gasteiger partial charge is 2.00 e. The van der Waals surface area contributed by atoms with E-state index in [0.29, 0.717) is 12.1 Å². The first-order chi connectivity index (χ1) is 38.4. The normalized spacial score (nSPS) is 13.2. The molecule has 0 bridgehead atoms. The van der Waals surface area contributed by atoms with Crippen molar-refractivity contribution in [3.8, 4) is 0 Å². The zero-order valence-corrected chi connectivity index (χ0v) is 51.2. The molecule has 5 aromatic carbocycles. The minimum atomic E-state index is -6.13. The van der Waals surface area contributed by atoms with Gasteiger partial charge in [-0.2, -0.15) is 127 Å². The summed E-state index contributed by atoms with van der Waals surface area (Å²) in [5.74, 6) is 1.14. The molecule has 30 heteroatoms. The Balaban J connectivity index is 0.00000103. The molecule has 0 atom stereocenters. The molecule has 0 aliphatic heterocycles. The second kappa shape index (κ2) is 28.1. The maximum atomic E-state index is 14.2. The third-order valence-electron chi connectivity index (χ3n) is 13.7. The van der Waals surface area contributed by atoms with E-state index in [1.165, 1.54) is 33.4 Å². The van der Waals surface area contributed by atoms with Gasteiger partial charge >= 0.3 is 80.2 Å². The van der Waals surface area contributed by atoms with Crippen molar-refractivity contribution >= 4 is 41.9 Å². The van der Waals surface area contributed by atoms with Crippen LogP contribution < -0.4 is 21.9 Å². The van der Waals surface area contributed by atoms with E-state index in [9.17, 15) is 105 Å². The molecule has 0 spiro atoms. The summed E-state index contributed by atoms with van der Waals surface area (Å²) in [6.07, 6.45) is -52.4. The predicted molar refractivity (Wildman–Crippen MR) is 282 cm³/mol. The summed E-state index contributed by atoms with van der Waals surface area (Å²) in [6.45, 7) is 35.6. The molecule has 0 N–H and O–H groups in total. The molecule has 0 unspecified atom stereocenters. The summed E-state index contributed by atoms with van der Waals surface area (Å²) in [4.78, 5) is 6.94. The maximum absolute atomic E-state index is 14.2. The Morgan fingerprint density at radius 3 is 0.667 bits per heavy atom. The Hall–Kier alpha value is -5.46. The molecule has 0 saturated carbocycles. The zero-order valence-electron chi connectivity index (χ0n) is 48.5. The second-order valence-electron chi connectivity index (χ2n) is 21.7. The summed E-state index contributed by atoms with van der Waals surface area (Å²) in [6, 6.07) is -7.93. The van der Waals surface area contributed by atoms with Crippen molar-refractivity contribution in [2.45, 2.75) is 157 Å². The number of benzene rings is 5. The molecule has 0 fully saturated rings. The summed E-state index contributed by atoms with van der Waals surface area (Å²) < 4.78 is 348. The van der Waals surface area contributed by atoms with Gasteiger partial charge in [0.2, 0.25) is 0 Å². The van der Waals surface area contributed by atoms with Crippen molar-refractivity contribution in [2.75, 3.05) is 0 Å². The van der Waals surface area contributed by atoms with Crippen LogP contribution in [0.25, 0.3) is 0 Å². The molecule has 0 aliphatic carbocycles. The van der Waals surface area contributed by atoms with Gasteiger partial charge in [-0.25, -0.2) is 6.17 Å². The number of hydrogen-bond donors (Lipinski definition) is 0. The Bertz CT molecular complexity index is 2690. The van der Waals surface area contributed by atoms with Gasteiger partial charge in [0.05, 0.1) is 50.3 Å². The first-order valence-corrected chi connectivity index (χ1v) is 28.7. The van der Waals surface area contributed by atoms with Gasteiger partial charge in [0, 0.05) is 6.04 Å². The summed E-state index contributed by atoms with van der Waals surface area (Å²) in [5, 5.41) is 0. The zero-order chi connectivity index (χ0) is 67.6. The number of rotatable bonds is 8. The van der Waals surface area contributed by atoms with Gasteiger partial charge in [0.1, 0.15) is 6.15 Å². The molecule has 0 radical (unpaired) electrons. The quantitative estimate of drug-likeness (QED) is 0.0381. The molecular formula is C57H57BF24N2ORuSi. The van der Waals surface area contributed by atoms with Crippen LogP contribution >= 0.6 is 0 Å². The van der Waals surface area contributed by atoms with E-state index in [1.54, 1.807) is 0 Å². The summed E-state index contributed by atoms with van der Waals surface area (Å²) >= 11 is 0. The molecular weight excluding hydrogens is 1320 g/mol. The number of nitrogens with zero attached hydrogens (tertiary/aromatic N) is 2. The Morgan fingerprint density at radius 2 is 0.552 bits per heavy atom. The largest absolute Gasteiger partial charge is 2.00 e. The van der Waals surface area contributed by atoms with Crippen LogP contribution in [-0.4, -0.2) is 37.0 Å². The number of amidine groups is 1. The predicted octanol–water partition coefficient (Wildman–Crippen LogP) is 18.3. The second-order valence-corrected chi connectivity index (χ2v) is 26.7. The van der Waals surface area contributed by atoms with Crippen LogP contribution in [0.1, 0.15) is 113 Å². The molecule has 0 amide bonds. The van der Waals surface area contributed by atoms with Gasteiger partial charge in [0.25, 0.3) is 0 Å². The number of hydrogen-bond acceptors (Lipinski definition) is 1. The fraction of sp³-hybridized carbons (Fsp3) is 0.421. The molecule has 0 aliphatic rings. The van der Waals surface area contributed by atoms with Crippen LogP contribution in [-0.2, 0) is 73.5 Å².